The minimum atomic E-state index is -0.401. The van der Waals surface area contributed by atoms with Crippen LogP contribution in [0, 0.1) is 18.3 Å². The maximum Gasteiger partial charge on any atom is 0.346 e. The van der Waals surface area contributed by atoms with Crippen LogP contribution in [0.5, 0.6) is 0 Å². The highest BCUT2D eigenvalue weighted by molar-refractivity contribution is 5.90. The highest BCUT2D eigenvalue weighted by Gasteiger charge is 2.32. The first kappa shape index (κ1) is 20.4. The Hall–Kier alpha value is -4.49. The summed E-state index contributed by atoms with van der Waals surface area (Å²) in [5.74, 6) is 0.197. The van der Waals surface area contributed by atoms with Gasteiger partial charge in [-0.2, -0.15) is 15.3 Å². The van der Waals surface area contributed by atoms with Gasteiger partial charge in [-0.25, -0.2) is 9.31 Å². The van der Waals surface area contributed by atoms with Gasteiger partial charge < -0.3 is 11.1 Å². The minimum Gasteiger partial charge on any atom is -0.366 e. The molecule has 33 heavy (non-hydrogen) atoms. The Labute approximate surface area is 189 Å². The van der Waals surface area contributed by atoms with Crippen LogP contribution in [0.15, 0.2) is 54.9 Å². The van der Waals surface area contributed by atoms with Gasteiger partial charge in [0.2, 0.25) is 5.95 Å². The van der Waals surface area contributed by atoms with Crippen LogP contribution >= 0.6 is 0 Å². The molecule has 2 amide bonds. The van der Waals surface area contributed by atoms with Crippen molar-refractivity contribution >= 4 is 23.3 Å². The first-order valence-corrected chi connectivity index (χ1v) is 10.3. The Bertz CT molecular complexity index is 1410. The Morgan fingerprint density at radius 3 is 3.00 bits per heavy atom. The first-order chi connectivity index (χ1) is 16.0. The highest BCUT2D eigenvalue weighted by Crippen LogP contribution is 2.32. The quantitative estimate of drug-likeness (QED) is 0.498. The minimum absolute atomic E-state index is 0.197. The zero-order chi connectivity index (χ0) is 22.9. The highest BCUT2D eigenvalue weighted by atomic mass is 16.7. The Kier molecular flexibility index (Phi) is 5.08. The van der Waals surface area contributed by atoms with E-state index in [4.69, 9.17) is 10.6 Å². The number of hydrogen-bond acceptors (Lipinski definition) is 7. The monoisotopic (exact) mass is 440 g/mol. The molecule has 1 atom stereocenters. The topological polar surface area (TPSA) is 134 Å². The van der Waals surface area contributed by atoms with E-state index in [2.05, 4.69) is 26.5 Å². The number of nitrogens with two attached hydrogens (primary N) is 1. The number of amides is 2. The molecule has 10 heteroatoms. The molecule has 10 nitrogen and oxygen atoms in total. The van der Waals surface area contributed by atoms with Crippen LogP contribution in [-0.4, -0.2) is 37.3 Å². The van der Waals surface area contributed by atoms with Gasteiger partial charge >= 0.3 is 6.03 Å². The molecule has 0 saturated carbocycles. The molecule has 1 aromatic carbocycles. The normalized spacial score (nSPS) is 15.5. The number of fused-ring (bicyclic) bond motifs is 1. The van der Waals surface area contributed by atoms with E-state index in [0.717, 1.165) is 16.7 Å². The zero-order valence-electron chi connectivity index (χ0n) is 17.8. The number of nitrogens with one attached hydrogen (secondary N) is 1. The van der Waals surface area contributed by atoms with Gasteiger partial charge in [0.1, 0.15) is 0 Å². The fraction of sp³-hybridized carbons (Fsp3) is 0.174. The Balaban J connectivity index is 1.40. The van der Waals surface area contributed by atoms with Crippen LogP contribution in [-0.2, 0) is 4.84 Å². The average molecular weight is 440 g/mol. The van der Waals surface area contributed by atoms with Crippen LogP contribution in [0.25, 0.3) is 16.8 Å². The molecular weight excluding hydrogens is 420 g/mol. The summed E-state index contributed by atoms with van der Waals surface area (Å²) in [5.41, 5.74) is 10.6. The molecule has 0 radical (unpaired) electrons. The van der Waals surface area contributed by atoms with Crippen LogP contribution < -0.4 is 11.1 Å². The third kappa shape index (κ3) is 3.93. The van der Waals surface area contributed by atoms with Gasteiger partial charge in [-0.05, 0) is 42.8 Å². The predicted octanol–water partition coefficient (Wildman–Crippen LogP) is 3.46. The van der Waals surface area contributed by atoms with E-state index < -0.39 is 6.03 Å². The van der Waals surface area contributed by atoms with Gasteiger partial charge in [0.15, 0.2) is 5.65 Å². The van der Waals surface area contributed by atoms with E-state index in [1.807, 2.05) is 31.2 Å². The summed E-state index contributed by atoms with van der Waals surface area (Å²) in [6, 6.07) is 14.2. The van der Waals surface area contributed by atoms with E-state index in [1.54, 1.807) is 35.1 Å². The number of benzene rings is 1. The van der Waals surface area contributed by atoms with Crippen molar-refractivity contribution in [2.75, 3.05) is 17.7 Å². The molecule has 1 fully saturated rings. The zero-order valence-corrected chi connectivity index (χ0v) is 17.8. The second-order valence-corrected chi connectivity index (χ2v) is 7.68. The van der Waals surface area contributed by atoms with Crippen LogP contribution in [0.2, 0.25) is 0 Å². The van der Waals surface area contributed by atoms with E-state index >= 15 is 0 Å². The van der Waals surface area contributed by atoms with E-state index in [1.165, 1.54) is 5.06 Å². The first-order valence-electron chi connectivity index (χ1n) is 10.3. The summed E-state index contributed by atoms with van der Waals surface area (Å²) >= 11 is 0. The standard InChI is InChI=1S/C23H20N8O2/c1-14-19(10-18(12-26-14)17-5-6-21-28-22(25)29-30(21)13-17)27-23(32)31-20(7-8-33-31)16-4-2-3-15(9-16)11-24/h2-6,9-10,12-13,20H,7-8H2,1H3,(H2,25,29)(H,27,32)/t20-/m0/s1. The predicted molar refractivity (Wildman–Crippen MR) is 121 cm³/mol. The smallest absolute Gasteiger partial charge is 0.346 e. The largest absolute Gasteiger partial charge is 0.366 e. The summed E-state index contributed by atoms with van der Waals surface area (Å²) in [6.45, 7) is 2.23. The lowest BCUT2D eigenvalue weighted by atomic mass is 10.0. The van der Waals surface area contributed by atoms with Gasteiger partial charge in [-0.15, -0.1) is 5.10 Å². The Morgan fingerprint density at radius 2 is 2.15 bits per heavy atom. The molecule has 0 spiro atoms. The maximum absolute atomic E-state index is 13.1. The van der Waals surface area contributed by atoms with Crippen LogP contribution in [0.4, 0.5) is 16.4 Å². The number of carbonyl (C=O) groups excluding carboxylic acids is 1. The number of nitrogens with zero attached hydrogens (tertiary/aromatic N) is 6. The molecule has 3 aromatic heterocycles. The number of nitrogen functional groups attached to an aromatic ring is 1. The number of aryl methyl sites for hydroxylation is 1. The number of urea groups is 1. The number of hydrogen-bond donors (Lipinski definition) is 2. The van der Waals surface area contributed by atoms with Gasteiger partial charge in [-0.1, -0.05) is 12.1 Å². The lowest BCUT2D eigenvalue weighted by Crippen LogP contribution is -2.33. The number of rotatable bonds is 3. The third-order valence-electron chi connectivity index (χ3n) is 5.51. The van der Waals surface area contributed by atoms with Crippen molar-refractivity contribution in [3.05, 3.63) is 71.7 Å². The van der Waals surface area contributed by atoms with Gasteiger partial charge in [-0.3, -0.25) is 9.82 Å². The average Bonchev–Trinajstić information content (AvgIpc) is 3.46. The lowest BCUT2D eigenvalue weighted by Gasteiger charge is -2.23. The van der Waals surface area contributed by atoms with Crippen molar-refractivity contribution < 1.29 is 9.63 Å². The molecule has 4 heterocycles. The third-order valence-corrected chi connectivity index (χ3v) is 5.51. The van der Waals surface area contributed by atoms with Crippen LogP contribution in [0.1, 0.15) is 29.3 Å². The summed E-state index contributed by atoms with van der Waals surface area (Å²) in [4.78, 5) is 27.3. The van der Waals surface area contributed by atoms with Crippen molar-refractivity contribution in [1.29, 1.82) is 5.26 Å². The summed E-state index contributed by atoms with van der Waals surface area (Å²) in [7, 11) is 0. The number of hydroxylamine groups is 2. The van der Waals surface area contributed by atoms with Crippen molar-refractivity contribution in [3.63, 3.8) is 0 Å². The fourth-order valence-corrected chi connectivity index (χ4v) is 3.85. The van der Waals surface area contributed by atoms with E-state index in [0.29, 0.717) is 35.6 Å². The maximum atomic E-state index is 13.1. The molecule has 1 aliphatic heterocycles. The van der Waals surface area contributed by atoms with Crippen molar-refractivity contribution in [1.82, 2.24) is 24.6 Å². The van der Waals surface area contributed by atoms with Crippen molar-refractivity contribution in [3.8, 4) is 17.2 Å². The molecular formula is C23H20N8O2. The van der Waals surface area contributed by atoms with Gasteiger partial charge in [0.05, 0.1) is 35.7 Å². The molecule has 5 rings (SSSR count). The summed E-state index contributed by atoms with van der Waals surface area (Å²) in [6.07, 6.45) is 4.17. The van der Waals surface area contributed by atoms with Gasteiger partial charge in [0.25, 0.3) is 0 Å². The van der Waals surface area contributed by atoms with E-state index in [-0.39, 0.29) is 12.0 Å². The summed E-state index contributed by atoms with van der Waals surface area (Å²) < 4.78 is 1.60. The molecule has 3 N–H and O–H groups in total. The SMILES string of the molecule is Cc1ncc(-c2ccc3nc(N)nn3c2)cc1NC(=O)N1OCC[C@H]1c1cccc(C#N)c1. The molecule has 0 aliphatic carbocycles. The number of carbonyl (C=O) groups is 1. The Morgan fingerprint density at radius 1 is 1.27 bits per heavy atom. The lowest BCUT2D eigenvalue weighted by molar-refractivity contribution is -0.0829. The van der Waals surface area contributed by atoms with E-state index in [9.17, 15) is 10.1 Å². The molecule has 1 aliphatic rings. The number of aromatic nitrogens is 4. The number of anilines is 2. The molecule has 1 saturated heterocycles. The number of nitriles is 1. The van der Waals surface area contributed by atoms with Crippen molar-refractivity contribution in [2.45, 2.75) is 19.4 Å². The van der Waals surface area contributed by atoms with Crippen molar-refractivity contribution in [2.24, 2.45) is 0 Å². The molecule has 0 bridgehead atoms. The summed E-state index contributed by atoms with van der Waals surface area (Å²) in [5, 5.41) is 17.6. The fourth-order valence-electron chi connectivity index (χ4n) is 3.85. The molecule has 4 aromatic rings. The number of pyridine rings is 2. The second kappa shape index (κ2) is 8.22. The second-order valence-electron chi connectivity index (χ2n) is 7.68. The van der Waals surface area contributed by atoms with Gasteiger partial charge in [0, 0.05) is 29.9 Å². The van der Waals surface area contributed by atoms with Crippen LogP contribution in [0.3, 0.4) is 0 Å². The molecule has 0 unspecified atom stereocenters. The molecule has 164 valence electrons.